The van der Waals surface area contributed by atoms with E-state index in [0.29, 0.717) is 75.3 Å². The van der Waals surface area contributed by atoms with Crippen LogP contribution in [0, 0.1) is 46.3 Å². The second-order valence-corrected chi connectivity index (χ2v) is 26.1. The number of nitriles is 2. The van der Waals surface area contributed by atoms with Gasteiger partial charge in [0.1, 0.15) is 23.8 Å². The average molecular weight is 1450 g/mol. The number of hydrogen-bond donors (Lipinski definition) is 2. The van der Waals surface area contributed by atoms with Crippen molar-refractivity contribution in [3.63, 3.8) is 0 Å². The molecule has 103 heavy (non-hydrogen) atoms. The minimum absolute atomic E-state index is 0. The second kappa shape index (κ2) is 36.3. The third kappa shape index (κ3) is 20.7. The Morgan fingerprint density at radius 3 is 1.37 bits per heavy atom. The predicted molar refractivity (Wildman–Crippen MR) is 380 cm³/mol. The summed E-state index contributed by atoms with van der Waals surface area (Å²) in [6, 6.07) is 15.8. The fourth-order valence-corrected chi connectivity index (χ4v) is 13.0. The number of anilines is 2. The Bertz CT molecular complexity index is 4560. The number of aryl methyl sites for hydroxylation is 2. The minimum Gasteiger partial charge on any atom is -0.793 e. The van der Waals surface area contributed by atoms with Gasteiger partial charge in [-0.25, -0.2) is 48.3 Å². The van der Waals surface area contributed by atoms with Crippen molar-refractivity contribution in [1.29, 1.82) is 10.5 Å². The van der Waals surface area contributed by atoms with E-state index in [-0.39, 0.29) is 40.6 Å². The van der Waals surface area contributed by atoms with Crippen LogP contribution in [0.5, 0.6) is 11.8 Å². The molecule has 2 aliphatic carbocycles. The first-order valence-electron chi connectivity index (χ1n) is 32.3. The summed E-state index contributed by atoms with van der Waals surface area (Å²) in [6.07, 6.45) is 30.3. The van der Waals surface area contributed by atoms with Crippen molar-refractivity contribution in [2.75, 3.05) is 62.0 Å². The number of carbonyl (C=O) groups excluding carboxylic acids is 4. The van der Waals surface area contributed by atoms with Gasteiger partial charge in [0.2, 0.25) is 17.7 Å². The Morgan fingerprint density at radius 2 is 1.04 bits per heavy atom. The first kappa shape index (κ1) is 78.8. The maximum absolute atomic E-state index is 10.1. The van der Waals surface area contributed by atoms with Crippen molar-refractivity contribution >= 4 is 78.1 Å². The Morgan fingerprint density at radius 1 is 0.602 bits per heavy atom. The van der Waals surface area contributed by atoms with Crippen LogP contribution in [-0.4, -0.2) is 164 Å². The first-order valence-corrected chi connectivity index (χ1v) is 33.3. The molecule has 0 amide bonds. The van der Waals surface area contributed by atoms with Gasteiger partial charge in [-0.05, 0) is 87.0 Å². The third-order valence-corrected chi connectivity index (χ3v) is 18.0. The number of halogens is 2. The van der Waals surface area contributed by atoms with E-state index in [9.17, 15) is 29.7 Å². The molecule has 2 saturated carbocycles. The molecule has 2 aliphatic heterocycles. The van der Waals surface area contributed by atoms with Crippen molar-refractivity contribution in [2.45, 2.75) is 77.9 Å². The van der Waals surface area contributed by atoms with Crippen molar-refractivity contribution < 1.29 is 72.6 Å². The number of pyridine rings is 4. The van der Waals surface area contributed by atoms with Crippen LogP contribution >= 0.6 is 23.2 Å². The van der Waals surface area contributed by atoms with Crippen LogP contribution in [0.3, 0.4) is 0 Å². The number of fused-ring (bicyclic) bond motifs is 4. The zero-order chi connectivity index (χ0) is 73.3. The van der Waals surface area contributed by atoms with Crippen LogP contribution < -0.4 is 59.9 Å². The van der Waals surface area contributed by atoms with Crippen LogP contribution in [0.1, 0.15) is 87.4 Å². The van der Waals surface area contributed by atoms with E-state index in [2.05, 4.69) is 100 Å². The molecular weight excluding hydrogens is 1370 g/mol. The molecule has 6 atom stereocenters. The molecule has 12 heterocycles. The number of methoxy groups -OCH3 is 2. The molecule has 29 nitrogen and oxygen atoms in total. The first-order chi connectivity index (χ1) is 49.0. The van der Waals surface area contributed by atoms with Crippen molar-refractivity contribution in [3.8, 4) is 68.7 Å². The van der Waals surface area contributed by atoms with Gasteiger partial charge < -0.3 is 43.0 Å². The number of aldehydes is 1. The van der Waals surface area contributed by atoms with Gasteiger partial charge in [0.15, 0.2) is 6.29 Å². The molecule has 0 aromatic carbocycles. The summed E-state index contributed by atoms with van der Waals surface area (Å²) >= 11 is 10.1. The maximum atomic E-state index is 10.1. The Hall–Kier alpha value is -9.92. The number of nitrogens with one attached hydrogen (secondary N) is 1. The van der Waals surface area contributed by atoms with Crippen molar-refractivity contribution in [2.24, 2.45) is 43.5 Å². The zero-order valence-corrected chi connectivity index (χ0v) is 62.4. The van der Waals surface area contributed by atoms with Crippen LogP contribution in [0.15, 0.2) is 123 Å². The second-order valence-electron chi connectivity index (χ2n) is 25.4. The molecule has 4 aliphatic rings. The molecule has 0 bridgehead atoms. The normalized spacial score (nSPS) is 18.7. The summed E-state index contributed by atoms with van der Waals surface area (Å²) in [5, 5.41) is 40.6. The van der Waals surface area contributed by atoms with E-state index in [4.69, 9.17) is 58.3 Å². The summed E-state index contributed by atoms with van der Waals surface area (Å²) < 4.78 is 20.6. The quantitative estimate of drug-likeness (QED) is 0.0471. The number of hydrogen-bond acceptors (Lipinski definition) is 25. The van der Waals surface area contributed by atoms with Crippen LogP contribution in [0.25, 0.3) is 55.8 Å². The van der Waals surface area contributed by atoms with E-state index in [1.54, 1.807) is 56.2 Å². The van der Waals surface area contributed by atoms with Gasteiger partial charge in [0, 0.05) is 179 Å². The average Bonchev–Trinajstić information content (AvgIpc) is 1.70. The third-order valence-electron chi connectivity index (χ3n) is 17.4. The molecule has 0 spiro atoms. The van der Waals surface area contributed by atoms with E-state index >= 15 is 0 Å². The number of nitrogens with zero attached hydrogens (tertiary/aromatic N) is 18. The minimum atomic E-state index is -0.639. The zero-order valence-electron chi connectivity index (χ0n) is 58.8. The van der Waals surface area contributed by atoms with Crippen molar-refractivity contribution in [3.05, 3.63) is 145 Å². The molecule has 2 saturated heterocycles. The molecule has 33 heteroatoms. The SMILES string of the molecule is CC(=O)OOC(C)=O.COc1ccc(C=O)cn1.COc1ccc(CNC2(C)C[C@H]3CN(c4cnc(-c5cc(-c6cnn(C)c6)cn6ncc(C#N)c56)cn4)C[C@H]3C2)cn1.ClCCCl.Cn1cc(-c2cc(-c3cnc(N4C[C@@H]5CC(C)(N)C[C@@H]5C4)cn3)c3c(C#N)cnn3c2)cn1.[B-]OC(C)=O.[Na+]. The van der Waals surface area contributed by atoms with Gasteiger partial charge in [-0.3, -0.25) is 28.9 Å². The summed E-state index contributed by atoms with van der Waals surface area (Å²) in [6.45, 7) is 12.7. The Balaban J connectivity index is 0.000000193. The van der Waals surface area contributed by atoms with Gasteiger partial charge in [-0.1, -0.05) is 6.07 Å². The van der Waals surface area contributed by atoms with E-state index in [1.165, 1.54) is 20.2 Å². The van der Waals surface area contributed by atoms with Gasteiger partial charge in [0.05, 0.1) is 97.3 Å². The molecule has 10 aromatic heterocycles. The topological polar surface area (TPSA) is 354 Å². The van der Waals surface area contributed by atoms with Crippen LogP contribution in [0.2, 0.25) is 0 Å². The predicted octanol–water partition coefficient (Wildman–Crippen LogP) is 5.52. The molecule has 529 valence electrons. The molecule has 3 N–H and O–H groups in total. The molecule has 3 radical (unpaired) electrons. The summed E-state index contributed by atoms with van der Waals surface area (Å²) in [5.74, 6) is 4.78. The molecule has 2 unspecified atom stereocenters. The number of aromatic nitrogens is 14. The fraction of sp³-hybridized carbons (Fsp3) is 0.371. The fourth-order valence-electron chi connectivity index (χ4n) is 13.0. The van der Waals surface area contributed by atoms with Gasteiger partial charge in [-0.15, -0.1) is 23.2 Å². The van der Waals surface area contributed by atoms with E-state index in [0.717, 1.165) is 140 Å². The molecule has 4 fully saturated rings. The Labute approximate surface area is 628 Å². The Kier molecular flexibility index (Phi) is 27.8. The standard InChI is InChI=1S/C31H32N10O.C24H25N9.C7H7NO2.C4H6O4.C2H3BO2.C2H4Cl2.Na/c1-31(36-11-20-4-5-29(42-3)35-10-20)7-22-17-40(18-23(22)8-31)28-15-33-27(14-34-28)26-6-21(25-13-37-39(2)16-25)19-41-30(26)24(9-32)12-38-41;1-24(26)4-16-12-32(13-17(16)5-24)22-10-27-21(9-28-22)20-3-15(19-8-29-31(2)11-19)14-33-23(20)18(6-25)7-30-33;1-10-7-3-2-6(5-9)4-8-7;1-3(5)7-8-4(2)6;1-2(4)5-3;3-1-2-4;/h4-6,10,12-16,19,22-23,36H,7-8,11,17-18H2,1-3H3;3,7-11,14,16-17H,4-5,12-13,26H2,1-2H3;2-5H,1H3;1-2H3;1H3;1-2H2;/q;;;;-1;;+1/t22-,23+,31?;16-,17+,24?;;;;;. The number of ether oxygens (including phenoxy) is 2. The summed E-state index contributed by atoms with van der Waals surface area (Å²) in [7, 11) is 11.3. The number of nitrogens with two attached hydrogens (primary N) is 1. The van der Waals surface area contributed by atoms with Crippen molar-refractivity contribution in [1.82, 2.24) is 74.0 Å². The molecular formula is C70H77BCl2N20NaO9. The summed E-state index contributed by atoms with van der Waals surface area (Å²) in [4.78, 5) is 78.9. The number of rotatable bonds is 13. The number of carbonyl (C=O) groups is 4. The smallest absolute Gasteiger partial charge is 0.793 e. The van der Waals surface area contributed by atoms with Gasteiger partial charge >= 0.3 is 41.5 Å². The van der Waals surface area contributed by atoms with Gasteiger partial charge in [0.25, 0.3) is 0 Å². The monoisotopic (exact) mass is 1450 g/mol. The molecule has 14 rings (SSSR count). The van der Waals surface area contributed by atoms with Crippen LogP contribution in [0.4, 0.5) is 11.6 Å². The molecule has 10 aromatic rings. The largest absolute Gasteiger partial charge is 1.00 e. The van der Waals surface area contributed by atoms with Crippen LogP contribution in [-0.2, 0) is 49.5 Å². The van der Waals surface area contributed by atoms with Gasteiger partial charge in [-0.2, -0.15) is 30.9 Å². The number of alkyl halides is 2. The maximum Gasteiger partial charge on any atom is 1.00 e. The van der Waals surface area contributed by atoms with E-state index < -0.39 is 17.9 Å². The summed E-state index contributed by atoms with van der Waals surface area (Å²) in [5.41, 5.74) is 17.5. The van der Waals surface area contributed by atoms with E-state index in [1.807, 2.05) is 94.3 Å².